The van der Waals surface area contributed by atoms with Gasteiger partial charge in [0.1, 0.15) is 11.5 Å². The smallest absolute Gasteiger partial charge is 0.224 e. The van der Waals surface area contributed by atoms with Crippen LogP contribution >= 0.6 is 0 Å². The number of pyridine rings is 1. The Hall–Kier alpha value is -3.74. The molecule has 0 aliphatic carbocycles. The minimum Gasteiger partial charge on any atom is -0.497 e. The maximum absolute atomic E-state index is 12.1. The number of para-hydroxylation sites is 2. The fourth-order valence-electron chi connectivity index (χ4n) is 2.65. The van der Waals surface area contributed by atoms with Crippen molar-refractivity contribution in [2.24, 2.45) is 0 Å². The SMILES string of the molecule is COc1ccc(OCCCC(=O)Nc2ccc(Oc3ccccc3OC)nc2)cc1. The number of methoxy groups -OCH3 is 2. The lowest BCUT2D eigenvalue weighted by Gasteiger charge is -2.10. The Morgan fingerprint density at radius 2 is 1.63 bits per heavy atom. The van der Waals surface area contributed by atoms with Gasteiger partial charge in [-0.3, -0.25) is 4.79 Å². The first-order chi connectivity index (χ1) is 14.7. The Bertz CT molecular complexity index is 943. The molecule has 0 unspecified atom stereocenters. The molecule has 0 atom stereocenters. The molecular weight excluding hydrogens is 384 g/mol. The van der Waals surface area contributed by atoms with E-state index in [0.717, 1.165) is 11.5 Å². The van der Waals surface area contributed by atoms with Gasteiger partial charge in [0, 0.05) is 12.5 Å². The molecular formula is C23H24N2O5. The number of carbonyl (C=O) groups is 1. The van der Waals surface area contributed by atoms with E-state index in [-0.39, 0.29) is 5.91 Å². The van der Waals surface area contributed by atoms with Crippen LogP contribution in [0.25, 0.3) is 0 Å². The number of hydrogen-bond acceptors (Lipinski definition) is 6. The van der Waals surface area contributed by atoms with Crippen LogP contribution in [0.2, 0.25) is 0 Å². The van der Waals surface area contributed by atoms with Crippen molar-refractivity contribution in [2.45, 2.75) is 12.8 Å². The number of benzene rings is 2. The summed E-state index contributed by atoms with van der Waals surface area (Å²) in [4.78, 5) is 16.3. The third-order valence-corrected chi connectivity index (χ3v) is 4.18. The lowest BCUT2D eigenvalue weighted by molar-refractivity contribution is -0.116. The summed E-state index contributed by atoms with van der Waals surface area (Å²) in [7, 11) is 3.20. The highest BCUT2D eigenvalue weighted by molar-refractivity contribution is 5.90. The molecule has 0 aliphatic heterocycles. The highest BCUT2D eigenvalue weighted by Gasteiger charge is 2.07. The molecule has 0 radical (unpaired) electrons. The quantitative estimate of drug-likeness (QED) is 0.491. The van der Waals surface area contributed by atoms with Crippen LogP contribution in [0.4, 0.5) is 5.69 Å². The second-order valence-electron chi connectivity index (χ2n) is 6.31. The van der Waals surface area contributed by atoms with Gasteiger partial charge in [0.15, 0.2) is 11.5 Å². The fraction of sp³-hybridized carbons (Fsp3) is 0.217. The minimum absolute atomic E-state index is 0.103. The van der Waals surface area contributed by atoms with E-state index in [0.29, 0.717) is 42.5 Å². The van der Waals surface area contributed by atoms with Crippen molar-refractivity contribution in [3.63, 3.8) is 0 Å². The molecule has 3 rings (SSSR count). The second-order valence-corrected chi connectivity index (χ2v) is 6.31. The molecule has 0 spiro atoms. The van der Waals surface area contributed by atoms with Crippen molar-refractivity contribution < 1.29 is 23.7 Å². The zero-order chi connectivity index (χ0) is 21.2. The van der Waals surface area contributed by atoms with Gasteiger partial charge in [-0.2, -0.15) is 0 Å². The minimum atomic E-state index is -0.103. The largest absolute Gasteiger partial charge is 0.497 e. The number of rotatable bonds is 10. The zero-order valence-corrected chi connectivity index (χ0v) is 17.0. The van der Waals surface area contributed by atoms with Crippen molar-refractivity contribution in [2.75, 3.05) is 26.1 Å². The second kappa shape index (κ2) is 10.7. The first-order valence-electron chi connectivity index (χ1n) is 9.51. The summed E-state index contributed by atoms with van der Waals surface area (Å²) in [6.45, 7) is 0.448. The number of hydrogen-bond donors (Lipinski definition) is 1. The van der Waals surface area contributed by atoms with Crippen LogP contribution < -0.4 is 24.3 Å². The van der Waals surface area contributed by atoms with E-state index >= 15 is 0 Å². The van der Waals surface area contributed by atoms with E-state index in [1.54, 1.807) is 38.6 Å². The molecule has 0 bridgehead atoms. The molecule has 0 saturated carbocycles. The zero-order valence-electron chi connectivity index (χ0n) is 17.0. The molecule has 1 aromatic heterocycles. The van der Waals surface area contributed by atoms with Crippen LogP contribution in [0.3, 0.4) is 0 Å². The van der Waals surface area contributed by atoms with E-state index in [1.807, 2.05) is 42.5 Å². The topological polar surface area (TPSA) is 78.9 Å². The molecule has 2 aromatic carbocycles. The highest BCUT2D eigenvalue weighted by atomic mass is 16.5. The van der Waals surface area contributed by atoms with Gasteiger partial charge < -0.3 is 24.3 Å². The van der Waals surface area contributed by atoms with Gasteiger partial charge in [0.05, 0.1) is 32.7 Å². The summed E-state index contributed by atoms with van der Waals surface area (Å²) >= 11 is 0. The number of anilines is 1. The van der Waals surface area contributed by atoms with E-state index in [4.69, 9.17) is 18.9 Å². The monoisotopic (exact) mass is 408 g/mol. The van der Waals surface area contributed by atoms with Crippen molar-refractivity contribution >= 4 is 11.6 Å². The van der Waals surface area contributed by atoms with Gasteiger partial charge in [0.25, 0.3) is 0 Å². The van der Waals surface area contributed by atoms with Gasteiger partial charge >= 0.3 is 0 Å². The molecule has 3 aromatic rings. The van der Waals surface area contributed by atoms with Crippen molar-refractivity contribution in [3.05, 3.63) is 66.9 Å². The molecule has 7 heteroatoms. The van der Waals surface area contributed by atoms with E-state index in [1.165, 1.54) is 0 Å². The first kappa shape index (κ1) is 21.0. The number of nitrogens with one attached hydrogen (secondary N) is 1. The normalized spacial score (nSPS) is 10.2. The molecule has 0 fully saturated rings. The summed E-state index contributed by atoms with van der Waals surface area (Å²) in [6, 6.07) is 18.1. The lowest BCUT2D eigenvalue weighted by Crippen LogP contribution is -2.13. The highest BCUT2D eigenvalue weighted by Crippen LogP contribution is 2.30. The molecule has 0 saturated heterocycles. The number of amides is 1. The molecule has 30 heavy (non-hydrogen) atoms. The summed E-state index contributed by atoms with van der Waals surface area (Å²) in [5.41, 5.74) is 0.600. The summed E-state index contributed by atoms with van der Waals surface area (Å²) < 4.78 is 21.7. The van der Waals surface area contributed by atoms with Crippen LogP contribution in [-0.4, -0.2) is 31.7 Å². The molecule has 0 aliphatic rings. The summed E-state index contributed by atoms with van der Waals surface area (Å²) in [5.74, 6) is 3.01. The van der Waals surface area contributed by atoms with Crippen LogP contribution in [0.1, 0.15) is 12.8 Å². The van der Waals surface area contributed by atoms with Gasteiger partial charge in [0.2, 0.25) is 11.8 Å². The van der Waals surface area contributed by atoms with Crippen LogP contribution in [0.15, 0.2) is 66.9 Å². The Morgan fingerprint density at radius 3 is 2.30 bits per heavy atom. The van der Waals surface area contributed by atoms with Crippen molar-refractivity contribution in [3.8, 4) is 28.9 Å². The van der Waals surface area contributed by atoms with Gasteiger partial charge in [-0.25, -0.2) is 4.98 Å². The Balaban J connectivity index is 1.41. The molecule has 7 nitrogen and oxygen atoms in total. The predicted octanol–water partition coefficient (Wildman–Crippen LogP) is 4.69. The number of nitrogens with zero attached hydrogens (tertiary/aromatic N) is 1. The number of ether oxygens (including phenoxy) is 4. The third kappa shape index (κ3) is 6.13. The average molecular weight is 408 g/mol. The Kier molecular flexibility index (Phi) is 7.49. The van der Waals surface area contributed by atoms with Gasteiger partial charge in [-0.05, 0) is 48.9 Å². The standard InChI is InChI=1S/C23H24N2O5/c1-27-18-10-12-19(13-11-18)29-15-5-8-22(26)25-17-9-14-23(24-16-17)30-21-7-4-3-6-20(21)28-2/h3-4,6-7,9-14,16H,5,8,15H2,1-2H3,(H,25,26). The van der Waals surface area contributed by atoms with E-state index in [9.17, 15) is 4.79 Å². The molecule has 1 heterocycles. The van der Waals surface area contributed by atoms with Crippen LogP contribution in [-0.2, 0) is 4.79 Å². The van der Waals surface area contributed by atoms with E-state index in [2.05, 4.69) is 10.3 Å². The molecule has 1 amide bonds. The number of aromatic nitrogens is 1. The number of carbonyl (C=O) groups excluding carboxylic acids is 1. The summed E-state index contributed by atoms with van der Waals surface area (Å²) in [6.07, 6.45) is 2.49. The predicted molar refractivity (Wildman–Crippen MR) is 114 cm³/mol. The maximum Gasteiger partial charge on any atom is 0.224 e. The Morgan fingerprint density at radius 1 is 0.900 bits per heavy atom. The van der Waals surface area contributed by atoms with Gasteiger partial charge in [-0.1, -0.05) is 12.1 Å². The fourth-order valence-corrected chi connectivity index (χ4v) is 2.65. The Labute approximate surface area is 175 Å². The average Bonchev–Trinajstić information content (AvgIpc) is 2.79. The van der Waals surface area contributed by atoms with Gasteiger partial charge in [-0.15, -0.1) is 0 Å². The lowest BCUT2D eigenvalue weighted by atomic mass is 10.3. The third-order valence-electron chi connectivity index (χ3n) is 4.18. The summed E-state index contributed by atoms with van der Waals surface area (Å²) in [5, 5.41) is 2.82. The van der Waals surface area contributed by atoms with E-state index < -0.39 is 0 Å². The molecule has 156 valence electrons. The molecule has 1 N–H and O–H groups in total. The van der Waals surface area contributed by atoms with Crippen molar-refractivity contribution in [1.82, 2.24) is 4.98 Å². The first-order valence-corrected chi connectivity index (χ1v) is 9.51. The van der Waals surface area contributed by atoms with Crippen LogP contribution in [0.5, 0.6) is 28.9 Å². The maximum atomic E-state index is 12.1. The van der Waals surface area contributed by atoms with Crippen molar-refractivity contribution in [1.29, 1.82) is 0 Å². The van der Waals surface area contributed by atoms with Crippen LogP contribution in [0, 0.1) is 0 Å².